The maximum absolute atomic E-state index is 13.4. The van der Waals surface area contributed by atoms with Gasteiger partial charge in [-0.25, -0.2) is 9.59 Å². The van der Waals surface area contributed by atoms with E-state index in [9.17, 15) is 14.7 Å². The van der Waals surface area contributed by atoms with Crippen LogP contribution in [0.15, 0.2) is 42.5 Å². The van der Waals surface area contributed by atoms with Crippen LogP contribution in [0.4, 0.5) is 4.79 Å². The summed E-state index contributed by atoms with van der Waals surface area (Å²) in [5.41, 5.74) is -0.128. The number of carbonyl (C=O) groups is 2. The van der Waals surface area contributed by atoms with Crippen molar-refractivity contribution < 1.29 is 33.6 Å². The molecule has 0 saturated heterocycles. The lowest BCUT2D eigenvalue weighted by Gasteiger charge is -2.46. The number of amides is 1. The van der Waals surface area contributed by atoms with Crippen molar-refractivity contribution in [2.24, 2.45) is 0 Å². The van der Waals surface area contributed by atoms with Gasteiger partial charge in [0.15, 0.2) is 6.61 Å². The average molecular weight is 534 g/mol. The number of fused-ring (bicyclic) bond motifs is 1. The van der Waals surface area contributed by atoms with E-state index in [1.165, 1.54) is 0 Å². The number of hydrogen-bond acceptors (Lipinski definition) is 7. The Morgan fingerprint density at radius 3 is 2.43 bits per heavy atom. The van der Waals surface area contributed by atoms with Gasteiger partial charge in [-0.15, -0.1) is 0 Å². The highest BCUT2D eigenvalue weighted by molar-refractivity contribution is 6.30. The molecule has 0 bridgehead atoms. The minimum absolute atomic E-state index is 0.168. The van der Waals surface area contributed by atoms with E-state index in [1.807, 2.05) is 12.1 Å². The summed E-state index contributed by atoms with van der Waals surface area (Å²) in [6, 6.07) is 11.7. The summed E-state index contributed by atoms with van der Waals surface area (Å²) in [6.45, 7) is 11.1. The molecule has 2 atom stereocenters. The fourth-order valence-corrected chi connectivity index (χ4v) is 4.27. The number of esters is 1. The highest BCUT2D eigenvalue weighted by Gasteiger charge is 2.47. The Bertz CT molecular complexity index is 1090. The Kier molecular flexibility index (Phi) is 8.97. The lowest BCUT2D eigenvalue weighted by molar-refractivity contribution is -0.145. The number of hydrogen-bond donors (Lipinski definition) is 1. The summed E-state index contributed by atoms with van der Waals surface area (Å²) in [7, 11) is 0. The second-order valence-corrected chi connectivity index (χ2v) is 10.9. The van der Waals surface area contributed by atoms with Crippen LogP contribution in [0.5, 0.6) is 11.5 Å². The van der Waals surface area contributed by atoms with Crippen molar-refractivity contribution in [1.29, 1.82) is 0 Å². The summed E-state index contributed by atoms with van der Waals surface area (Å²) >= 11 is 6.29. The van der Waals surface area contributed by atoms with Crippen molar-refractivity contribution in [3.63, 3.8) is 0 Å². The molecular formula is C28H36ClNO7. The monoisotopic (exact) mass is 533 g/mol. The number of carbonyl (C=O) groups excluding carboxylic acids is 2. The molecule has 2 aromatic rings. The van der Waals surface area contributed by atoms with Gasteiger partial charge in [0, 0.05) is 17.1 Å². The number of ether oxygens (including phenoxy) is 4. The quantitative estimate of drug-likeness (QED) is 0.458. The Morgan fingerprint density at radius 2 is 1.81 bits per heavy atom. The van der Waals surface area contributed by atoms with Gasteiger partial charge in [-0.1, -0.05) is 23.7 Å². The fourth-order valence-electron chi connectivity index (χ4n) is 4.09. The van der Waals surface area contributed by atoms with E-state index in [0.29, 0.717) is 35.1 Å². The minimum Gasteiger partial charge on any atom is -0.485 e. The van der Waals surface area contributed by atoms with Gasteiger partial charge >= 0.3 is 12.1 Å². The molecule has 0 fully saturated rings. The van der Waals surface area contributed by atoms with Crippen LogP contribution in [-0.2, 0) is 20.7 Å². The second-order valence-electron chi connectivity index (χ2n) is 10.4. The van der Waals surface area contributed by atoms with Gasteiger partial charge in [-0.05, 0) is 83.9 Å². The van der Waals surface area contributed by atoms with Crippen LogP contribution < -0.4 is 9.47 Å². The third-order valence-corrected chi connectivity index (χ3v) is 6.10. The lowest BCUT2D eigenvalue weighted by Crippen LogP contribution is -2.55. The van der Waals surface area contributed by atoms with Crippen molar-refractivity contribution in [3.05, 3.63) is 58.6 Å². The molecule has 1 aliphatic heterocycles. The summed E-state index contributed by atoms with van der Waals surface area (Å²) in [4.78, 5) is 26.5. The number of benzene rings is 2. The van der Waals surface area contributed by atoms with E-state index in [1.54, 1.807) is 76.8 Å². The molecule has 37 heavy (non-hydrogen) atoms. The van der Waals surface area contributed by atoms with E-state index in [0.717, 1.165) is 5.56 Å². The zero-order valence-electron chi connectivity index (χ0n) is 22.2. The smallest absolute Gasteiger partial charge is 0.410 e. The minimum atomic E-state index is -1.04. The molecule has 202 valence electrons. The first-order chi connectivity index (χ1) is 17.3. The maximum Gasteiger partial charge on any atom is 0.410 e. The third kappa shape index (κ3) is 7.52. The Labute approximate surface area is 223 Å². The zero-order chi connectivity index (χ0) is 27.4. The third-order valence-electron chi connectivity index (χ3n) is 5.87. The van der Waals surface area contributed by atoms with Gasteiger partial charge in [0.25, 0.3) is 0 Å². The normalized spacial score (nSPS) is 18.3. The van der Waals surface area contributed by atoms with Crippen molar-refractivity contribution in [2.75, 3.05) is 19.8 Å². The van der Waals surface area contributed by atoms with Crippen LogP contribution in [0, 0.1) is 0 Å². The van der Waals surface area contributed by atoms with E-state index in [-0.39, 0.29) is 13.2 Å². The second kappa shape index (κ2) is 11.6. The first-order valence-electron chi connectivity index (χ1n) is 12.3. The van der Waals surface area contributed by atoms with E-state index in [2.05, 4.69) is 0 Å². The molecule has 3 rings (SSSR count). The molecule has 0 radical (unpaired) electrons. The van der Waals surface area contributed by atoms with Crippen LogP contribution in [0.2, 0.25) is 5.02 Å². The predicted molar refractivity (Wildman–Crippen MR) is 140 cm³/mol. The molecule has 1 aliphatic rings. The van der Waals surface area contributed by atoms with Crippen LogP contribution in [-0.4, -0.2) is 59.1 Å². The van der Waals surface area contributed by atoms with Gasteiger partial charge in [0.2, 0.25) is 0 Å². The van der Waals surface area contributed by atoms with Gasteiger partial charge in [-0.3, -0.25) is 4.90 Å². The molecule has 0 saturated carbocycles. The summed E-state index contributed by atoms with van der Waals surface area (Å²) < 4.78 is 22.1. The number of nitrogens with zero attached hydrogens (tertiary/aromatic N) is 1. The van der Waals surface area contributed by atoms with E-state index in [4.69, 9.17) is 30.5 Å². The highest BCUT2D eigenvalue weighted by Crippen LogP contribution is 2.44. The molecule has 8 nitrogen and oxygen atoms in total. The molecule has 0 aliphatic carbocycles. The largest absolute Gasteiger partial charge is 0.485 e. The summed E-state index contributed by atoms with van der Waals surface area (Å²) in [5, 5.41) is 11.8. The van der Waals surface area contributed by atoms with Crippen LogP contribution >= 0.6 is 11.6 Å². The molecule has 2 aromatic carbocycles. The molecule has 1 amide bonds. The molecule has 0 aromatic heterocycles. The first-order valence-corrected chi connectivity index (χ1v) is 12.7. The van der Waals surface area contributed by atoms with Gasteiger partial charge < -0.3 is 24.1 Å². The highest BCUT2D eigenvalue weighted by atomic mass is 35.5. The first kappa shape index (κ1) is 28.6. The predicted octanol–water partition coefficient (Wildman–Crippen LogP) is 5.33. The number of rotatable bonds is 8. The van der Waals surface area contributed by atoms with Gasteiger partial charge in [-0.2, -0.15) is 0 Å². The van der Waals surface area contributed by atoms with Crippen molar-refractivity contribution in [2.45, 2.75) is 71.3 Å². The summed E-state index contributed by atoms with van der Waals surface area (Å²) in [5.74, 6) is 0.658. The topological polar surface area (TPSA) is 94.5 Å². The van der Waals surface area contributed by atoms with Crippen LogP contribution in [0.1, 0.15) is 58.7 Å². The van der Waals surface area contributed by atoms with Crippen molar-refractivity contribution in [1.82, 2.24) is 4.90 Å². The number of halogens is 1. The van der Waals surface area contributed by atoms with Crippen LogP contribution in [0.3, 0.4) is 0 Å². The van der Waals surface area contributed by atoms with E-state index < -0.39 is 35.4 Å². The molecule has 1 N–H and O–H groups in total. The Hall–Kier alpha value is -2.97. The Balaban J connectivity index is 1.85. The van der Waals surface area contributed by atoms with Crippen molar-refractivity contribution in [3.8, 4) is 11.5 Å². The SMILES string of the molecule is CCOC(=O)COc1ccc(CCN(C(=O)OC(C)(C)C)C2c3cc(Cl)ccc3OC(C)(C)C2O)cc1. The Morgan fingerprint density at radius 1 is 1.14 bits per heavy atom. The summed E-state index contributed by atoms with van der Waals surface area (Å²) in [6.07, 6.45) is -1.10. The molecule has 2 unspecified atom stereocenters. The average Bonchev–Trinajstić information content (AvgIpc) is 2.80. The van der Waals surface area contributed by atoms with E-state index >= 15 is 0 Å². The fraction of sp³-hybridized carbons (Fsp3) is 0.500. The molecule has 0 spiro atoms. The maximum atomic E-state index is 13.4. The lowest BCUT2D eigenvalue weighted by atomic mass is 9.85. The number of aliphatic hydroxyl groups is 1. The molecular weight excluding hydrogens is 498 g/mol. The molecule has 1 heterocycles. The van der Waals surface area contributed by atoms with Gasteiger partial charge in [0.05, 0.1) is 12.6 Å². The standard InChI is InChI=1S/C28H36ClNO7/c1-7-34-23(31)17-35-20-11-8-18(9-12-20)14-15-30(26(33)37-27(2,3)4)24-21-16-19(29)10-13-22(21)36-28(5,6)25(24)32/h8-13,16,24-25,32H,7,14-15,17H2,1-6H3. The van der Waals surface area contributed by atoms with Gasteiger partial charge in [0.1, 0.15) is 28.8 Å². The molecule has 9 heteroatoms. The number of aliphatic hydroxyl groups excluding tert-OH is 1. The van der Waals surface area contributed by atoms with Crippen molar-refractivity contribution >= 4 is 23.7 Å². The zero-order valence-corrected chi connectivity index (χ0v) is 23.0. The van der Waals surface area contributed by atoms with Crippen LogP contribution in [0.25, 0.3) is 0 Å².